The Bertz CT molecular complexity index is 55.1. The van der Waals surface area contributed by atoms with Gasteiger partial charge in [0.15, 0.2) is 0 Å². The molecule has 0 aromatic rings. The predicted molar refractivity (Wildman–Crippen MR) is 0 cm³/mol. The van der Waals surface area contributed by atoms with Crippen LogP contribution in [0.4, 0.5) is 0 Å². The van der Waals surface area contributed by atoms with Gasteiger partial charge in [0.2, 0.25) is 0 Å². The van der Waals surface area contributed by atoms with Crippen LogP contribution in [0.25, 0.3) is 0 Å². The maximum absolute atomic E-state index is 8.49. The second-order valence-electron chi connectivity index (χ2n) is 0.756. The van der Waals surface area contributed by atoms with Gasteiger partial charge in [-0.15, -0.1) is 20.5 Å². The van der Waals surface area contributed by atoms with Crippen LogP contribution in [0.5, 0.6) is 0 Å². The maximum Gasteiger partial charge on any atom is 0 e. The first kappa shape index (κ1) is 17.7. The quantitative estimate of drug-likeness (QED) is 0.409. The van der Waals surface area contributed by atoms with E-state index in [0.29, 0.717) is 0 Å². The minimum atomic E-state index is -4.94. The SMILES string of the molecule is [Co].[O-][Cl+3]([O-])([O-])[O-].[O-][Cl+3]([O-])([O-])[O-]. The van der Waals surface area contributed by atoms with Crippen LogP contribution in [-0.4, -0.2) is 0 Å². The molecule has 0 aromatic heterocycles. The van der Waals surface area contributed by atoms with Gasteiger partial charge in [0.05, 0.1) is 0 Å². The van der Waals surface area contributed by atoms with Gasteiger partial charge in [0.25, 0.3) is 0 Å². The van der Waals surface area contributed by atoms with Gasteiger partial charge < -0.3 is 0 Å². The zero-order valence-electron chi connectivity index (χ0n) is 4.36. The summed E-state index contributed by atoms with van der Waals surface area (Å²) in [5.41, 5.74) is 0. The molecule has 0 heterocycles. The van der Waals surface area contributed by atoms with E-state index in [-0.39, 0.29) is 16.8 Å². The van der Waals surface area contributed by atoms with Crippen molar-refractivity contribution < 1.29 is 74.5 Å². The van der Waals surface area contributed by atoms with E-state index >= 15 is 0 Å². The van der Waals surface area contributed by atoms with E-state index < -0.39 is 20.5 Å². The molecule has 1 radical (unpaired) electrons. The van der Waals surface area contributed by atoms with Crippen LogP contribution in [-0.2, 0) is 16.8 Å². The van der Waals surface area contributed by atoms with Gasteiger partial charge in [-0.05, 0) is 0 Å². The van der Waals surface area contributed by atoms with Crippen molar-refractivity contribution in [3.05, 3.63) is 0 Å². The average Bonchev–Trinajstić information content (AvgIpc) is 1.12. The number of hydrogen-bond acceptors (Lipinski definition) is 8. The van der Waals surface area contributed by atoms with Gasteiger partial charge in [-0.3, -0.25) is 0 Å². The van der Waals surface area contributed by atoms with E-state index in [1.165, 1.54) is 0 Å². The Balaban J connectivity index is -0.000000107. The third kappa shape index (κ3) is 1410. The van der Waals surface area contributed by atoms with Crippen LogP contribution in [0.1, 0.15) is 0 Å². The average molecular weight is 258 g/mol. The normalized spacial score (nSPS) is 10.9. The Morgan fingerprint density at radius 1 is 0.455 bits per heavy atom. The van der Waals surface area contributed by atoms with E-state index in [9.17, 15) is 0 Å². The van der Waals surface area contributed by atoms with E-state index in [2.05, 4.69) is 0 Å². The third-order valence-corrected chi connectivity index (χ3v) is 0. The summed E-state index contributed by atoms with van der Waals surface area (Å²) >= 11 is 0. The van der Waals surface area contributed by atoms with Crippen molar-refractivity contribution in [3.8, 4) is 0 Å². The summed E-state index contributed by atoms with van der Waals surface area (Å²) in [5.74, 6) is 0. The topological polar surface area (TPSA) is 184 Å². The fourth-order valence-corrected chi connectivity index (χ4v) is 0. The van der Waals surface area contributed by atoms with Crippen LogP contribution in [0.15, 0.2) is 0 Å². The molecule has 0 amide bonds. The van der Waals surface area contributed by atoms with E-state index in [0.717, 1.165) is 0 Å². The van der Waals surface area contributed by atoms with E-state index in [4.69, 9.17) is 37.3 Å². The van der Waals surface area contributed by atoms with Crippen molar-refractivity contribution in [2.45, 2.75) is 0 Å². The van der Waals surface area contributed by atoms with E-state index in [1.54, 1.807) is 0 Å². The van der Waals surface area contributed by atoms with Gasteiger partial charge in [-0.2, -0.15) is 0 Å². The Labute approximate surface area is 75.0 Å². The van der Waals surface area contributed by atoms with Crippen LogP contribution < -0.4 is 37.3 Å². The predicted octanol–water partition coefficient (Wildman–Crippen LogP) is -9.51. The molecule has 0 saturated carbocycles. The first-order valence-corrected chi connectivity index (χ1v) is 3.70. The molecule has 11 heavy (non-hydrogen) atoms. The monoisotopic (exact) mass is 257 g/mol. The molecule has 8 nitrogen and oxygen atoms in total. The summed E-state index contributed by atoms with van der Waals surface area (Å²) in [6.07, 6.45) is 0. The molecule has 0 fully saturated rings. The van der Waals surface area contributed by atoms with Gasteiger partial charge in [-0.25, -0.2) is 37.3 Å². The molecule has 0 N–H and O–H groups in total. The summed E-state index contributed by atoms with van der Waals surface area (Å²) in [5, 5.41) is 0. The van der Waals surface area contributed by atoms with Gasteiger partial charge in [0.1, 0.15) is 0 Å². The summed E-state index contributed by atoms with van der Waals surface area (Å²) < 4.78 is 67.9. The van der Waals surface area contributed by atoms with Crippen molar-refractivity contribution in [2.75, 3.05) is 0 Å². The van der Waals surface area contributed by atoms with Crippen molar-refractivity contribution in [1.29, 1.82) is 0 Å². The largest absolute Gasteiger partial charge is 0.222 e. The first-order chi connectivity index (χ1) is 4.00. The third-order valence-electron chi connectivity index (χ3n) is 0. The molecule has 73 valence electrons. The zero-order valence-corrected chi connectivity index (χ0v) is 6.91. The van der Waals surface area contributed by atoms with Crippen LogP contribution in [0.3, 0.4) is 0 Å². The zero-order chi connectivity index (χ0) is 9.00. The summed E-state index contributed by atoms with van der Waals surface area (Å²) in [6.45, 7) is 0. The molecule has 0 aliphatic heterocycles. The minimum absolute atomic E-state index is 0. The minimum Gasteiger partial charge on any atom is -0.222 e. The number of halogens is 2. The van der Waals surface area contributed by atoms with E-state index in [1.807, 2.05) is 0 Å². The molecular weight excluding hydrogens is 258 g/mol. The summed E-state index contributed by atoms with van der Waals surface area (Å²) in [7, 11) is -9.89. The first-order valence-electron chi connectivity index (χ1n) is 1.23. The maximum atomic E-state index is 8.49. The molecule has 0 atom stereocenters. The smallest absolute Gasteiger partial charge is 0 e. The molecule has 0 aliphatic rings. The standard InChI is InChI=1S/2ClHO4.Co/c2*2-1(3,4)5;/h2*(H,2,3,4,5);/p-2. The van der Waals surface area contributed by atoms with Gasteiger partial charge in [0, 0.05) is 16.8 Å². The van der Waals surface area contributed by atoms with Crippen LogP contribution >= 0.6 is 0 Å². The second-order valence-corrected chi connectivity index (χ2v) is 2.27. The molecule has 11 heteroatoms. The Hall–Kier alpha value is 0.766. The van der Waals surface area contributed by atoms with Crippen LogP contribution in [0.2, 0.25) is 0 Å². The molecule has 0 saturated heterocycles. The number of rotatable bonds is 0. The molecule has 0 spiro atoms. The number of hydrogen-bond donors (Lipinski definition) is 0. The molecule has 0 bridgehead atoms. The molecule has 0 aromatic carbocycles. The Morgan fingerprint density at radius 3 is 0.455 bits per heavy atom. The van der Waals surface area contributed by atoms with Crippen molar-refractivity contribution in [3.63, 3.8) is 0 Å². The van der Waals surface area contributed by atoms with Crippen molar-refractivity contribution >= 4 is 0 Å². The fourth-order valence-electron chi connectivity index (χ4n) is 0. The van der Waals surface area contributed by atoms with Gasteiger partial charge >= 0.3 is 0 Å². The Morgan fingerprint density at radius 2 is 0.455 bits per heavy atom. The Kier molecular flexibility index (Phi) is 10.2. The molecule has 0 aliphatic carbocycles. The second kappa shape index (κ2) is 6.30. The molecule has 0 unspecified atom stereocenters. The van der Waals surface area contributed by atoms with Gasteiger partial charge in [-0.1, -0.05) is 0 Å². The fraction of sp³-hybridized carbons (Fsp3) is 0. The van der Waals surface area contributed by atoms with Crippen molar-refractivity contribution in [2.24, 2.45) is 0 Å². The molecular formula is Cl2CoO8-2. The van der Waals surface area contributed by atoms with Crippen LogP contribution in [0, 0.1) is 20.5 Å². The summed E-state index contributed by atoms with van der Waals surface area (Å²) in [4.78, 5) is 0. The van der Waals surface area contributed by atoms with Crippen molar-refractivity contribution in [1.82, 2.24) is 0 Å². The summed E-state index contributed by atoms with van der Waals surface area (Å²) in [6, 6.07) is 0. The molecule has 0 rings (SSSR count).